The fraction of sp³-hybridized carbons (Fsp3) is 0.889. The summed E-state index contributed by atoms with van der Waals surface area (Å²) in [5.41, 5.74) is 0. The molecule has 142 valence electrons. The molecule has 1 unspecified atom stereocenters. The lowest BCUT2D eigenvalue weighted by Gasteiger charge is -2.47. The van der Waals surface area contributed by atoms with Gasteiger partial charge in [0.2, 0.25) is 5.91 Å². The number of hydrogen-bond donors (Lipinski definition) is 2. The molecule has 7 heteroatoms. The van der Waals surface area contributed by atoms with Gasteiger partial charge in [-0.15, -0.1) is 0 Å². The van der Waals surface area contributed by atoms with E-state index in [0.29, 0.717) is 12.1 Å². The van der Waals surface area contributed by atoms with Gasteiger partial charge in [0.25, 0.3) is 0 Å². The summed E-state index contributed by atoms with van der Waals surface area (Å²) in [4.78, 5) is 23.6. The molecule has 0 aromatic rings. The van der Waals surface area contributed by atoms with E-state index < -0.39 is 0 Å². The van der Waals surface area contributed by atoms with Crippen LogP contribution in [-0.2, 0) is 4.79 Å². The average Bonchev–Trinajstić information content (AvgIpc) is 2.66. The van der Waals surface area contributed by atoms with Crippen LogP contribution in [-0.4, -0.2) is 98.1 Å². The largest absolute Gasteiger partial charge is 0.355 e. The molecule has 2 bridgehead atoms. The molecule has 1 atom stereocenters. The lowest BCUT2D eigenvalue weighted by atomic mass is 10.0. The van der Waals surface area contributed by atoms with Crippen molar-refractivity contribution in [3.63, 3.8) is 0 Å². The number of nitrogens with zero attached hydrogens (tertiary/aromatic N) is 4. The van der Waals surface area contributed by atoms with E-state index in [1.54, 1.807) is 0 Å². The molecular weight excluding hydrogens is 316 g/mol. The first-order valence-electron chi connectivity index (χ1n) is 9.79. The molecule has 25 heavy (non-hydrogen) atoms. The summed E-state index contributed by atoms with van der Waals surface area (Å²) in [5, 5.41) is 7.06. The summed E-state index contributed by atoms with van der Waals surface area (Å²) >= 11 is 0. The first-order valence-corrected chi connectivity index (χ1v) is 9.79. The van der Waals surface area contributed by atoms with Crippen molar-refractivity contribution in [2.24, 2.45) is 10.9 Å². The van der Waals surface area contributed by atoms with Crippen LogP contribution in [0.5, 0.6) is 0 Å². The first-order chi connectivity index (χ1) is 12.1. The third-order valence-electron chi connectivity index (χ3n) is 5.76. The van der Waals surface area contributed by atoms with Gasteiger partial charge >= 0.3 is 0 Å². The van der Waals surface area contributed by atoms with E-state index in [2.05, 4.69) is 25.4 Å². The minimum absolute atomic E-state index is 0.0931. The maximum Gasteiger partial charge on any atom is 0.225 e. The fourth-order valence-electron chi connectivity index (χ4n) is 4.13. The summed E-state index contributed by atoms with van der Waals surface area (Å²) in [7, 11) is 1.84. The van der Waals surface area contributed by atoms with Crippen LogP contribution in [0.15, 0.2) is 4.99 Å². The number of piperazine rings is 3. The van der Waals surface area contributed by atoms with Gasteiger partial charge in [0.1, 0.15) is 0 Å². The molecule has 4 saturated heterocycles. The third-order valence-corrected chi connectivity index (χ3v) is 5.76. The van der Waals surface area contributed by atoms with Crippen molar-refractivity contribution >= 4 is 11.9 Å². The number of guanidine groups is 1. The SMILES string of the molecule is CN=C(NCC1CN2CCN1CC2)NC1CCN(C(=O)C(C)C)CC1. The highest BCUT2D eigenvalue weighted by molar-refractivity contribution is 5.80. The second-order valence-corrected chi connectivity index (χ2v) is 7.84. The standard InChI is InChI=1S/C18H34N6O/c1-14(2)17(25)24-6-4-15(5-7-24)21-18(19-3)20-12-16-13-22-8-10-23(16)11-9-22/h14-16H,4-13H2,1-3H3,(H2,19,20,21). The van der Waals surface area contributed by atoms with Crippen LogP contribution >= 0.6 is 0 Å². The van der Waals surface area contributed by atoms with E-state index in [1.807, 2.05) is 25.8 Å². The molecule has 0 spiro atoms. The predicted octanol–water partition coefficient (Wildman–Crippen LogP) is -0.202. The van der Waals surface area contributed by atoms with Gasteiger partial charge < -0.3 is 15.5 Å². The highest BCUT2D eigenvalue weighted by atomic mass is 16.2. The zero-order valence-corrected chi connectivity index (χ0v) is 16.0. The van der Waals surface area contributed by atoms with Crippen LogP contribution in [0.2, 0.25) is 0 Å². The minimum Gasteiger partial charge on any atom is -0.355 e. The number of aliphatic imine (C=N–C) groups is 1. The van der Waals surface area contributed by atoms with Gasteiger partial charge in [-0.25, -0.2) is 0 Å². The van der Waals surface area contributed by atoms with E-state index in [0.717, 1.165) is 38.4 Å². The molecule has 0 radical (unpaired) electrons. The Morgan fingerprint density at radius 1 is 1.12 bits per heavy atom. The Morgan fingerprint density at radius 3 is 2.32 bits per heavy atom. The first kappa shape index (κ1) is 18.5. The maximum atomic E-state index is 12.1. The number of carbonyl (C=O) groups is 1. The zero-order valence-electron chi connectivity index (χ0n) is 16.0. The number of likely N-dealkylation sites (tertiary alicyclic amines) is 1. The minimum atomic E-state index is 0.0931. The Labute approximate surface area is 151 Å². The van der Waals surface area contributed by atoms with Crippen molar-refractivity contribution < 1.29 is 4.79 Å². The number of carbonyl (C=O) groups excluding carboxylic acids is 1. The van der Waals surface area contributed by atoms with Crippen LogP contribution in [0, 0.1) is 5.92 Å². The van der Waals surface area contributed by atoms with Crippen molar-refractivity contribution in [2.45, 2.75) is 38.8 Å². The Kier molecular flexibility index (Phi) is 6.17. The molecule has 4 rings (SSSR count). The van der Waals surface area contributed by atoms with Crippen LogP contribution < -0.4 is 10.6 Å². The highest BCUT2D eigenvalue weighted by Crippen LogP contribution is 2.15. The molecule has 0 saturated carbocycles. The molecule has 0 aliphatic carbocycles. The van der Waals surface area contributed by atoms with Crippen molar-refractivity contribution in [3.05, 3.63) is 0 Å². The fourth-order valence-corrected chi connectivity index (χ4v) is 4.13. The molecule has 0 aromatic heterocycles. The van der Waals surface area contributed by atoms with Gasteiger partial charge in [0.05, 0.1) is 0 Å². The number of fused-ring (bicyclic) bond motifs is 3. The van der Waals surface area contributed by atoms with Gasteiger partial charge in [-0.3, -0.25) is 19.6 Å². The van der Waals surface area contributed by atoms with E-state index in [1.165, 1.54) is 32.7 Å². The second kappa shape index (κ2) is 8.36. The summed E-state index contributed by atoms with van der Waals surface area (Å²) in [6.45, 7) is 12.6. The average molecular weight is 351 g/mol. The van der Waals surface area contributed by atoms with Gasteiger partial charge in [0.15, 0.2) is 5.96 Å². The number of rotatable bonds is 4. The smallest absolute Gasteiger partial charge is 0.225 e. The molecule has 4 aliphatic rings. The van der Waals surface area contributed by atoms with Crippen molar-refractivity contribution in [2.75, 3.05) is 59.4 Å². The van der Waals surface area contributed by atoms with E-state index in [4.69, 9.17) is 0 Å². The van der Waals surface area contributed by atoms with E-state index >= 15 is 0 Å². The van der Waals surface area contributed by atoms with Crippen LogP contribution in [0.3, 0.4) is 0 Å². The molecule has 4 aliphatic heterocycles. The number of amides is 1. The number of nitrogens with one attached hydrogen (secondary N) is 2. The van der Waals surface area contributed by atoms with E-state index in [9.17, 15) is 4.79 Å². The van der Waals surface area contributed by atoms with E-state index in [-0.39, 0.29) is 11.8 Å². The van der Waals surface area contributed by atoms with Crippen LogP contribution in [0.25, 0.3) is 0 Å². The third kappa shape index (κ3) is 4.64. The molecule has 7 nitrogen and oxygen atoms in total. The van der Waals surface area contributed by atoms with Gasteiger partial charge in [-0.05, 0) is 12.8 Å². The Balaban J connectivity index is 1.40. The monoisotopic (exact) mass is 350 g/mol. The zero-order chi connectivity index (χ0) is 17.8. The summed E-state index contributed by atoms with van der Waals surface area (Å²) in [6, 6.07) is 0.987. The number of piperidine rings is 1. The second-order valence-electron chi connectivity index (χ2n) is 7.84. The lowest BCUT2D eigenvalue weighted by Crippen LogP contribution is -2.64. The van der Waals surface area contributed by atoms with Crippen molar-refractivity contribution in [1.82, 2.24) is 25.3 Å². The molecule has 2 N–H and O–H groups in total. The lowest BCUT2D eigenvalue weighted by molar-refractivity contribution is -0.135. The topological polar surface area (TPSA) is 63.2 Å². The van der Waals surface area contributed by atoms with Crippen molar-refractivity contribution in [3.8, 4) is 0 Å². The van der Waals surface area contributed by atoms with Gasteiger partial charge in [-0.2, -0.15) is 0 Å². The van der Waals surface area contributed by atoms with Crippen molar-refractivity contribution in [1.29, 1.82) is 0 Å². The Morgan fingerprint density at radius 2 is 1.80 bits per heavy atom. The summed E-state index contributed by atoms with van der Waals surface area (Å²) in [6.07, 6.45) is 1.98. The molecule has 4 heterocycles. The Hall–Kier alpha value is -1.34. The number of hydrogen-bond acceptors (Lipinski definition) is 4. The molecular formula is C18H34N6O. The predicted molar refractivity (Wildman–Crippen MR) is 101 cm³/mol. The molecule has 0 aromatic carbocycles. The van der Waals surface area contributed by atoms with Gasteiger partial charge in [-0.1, -0.05) is 13.8 Å². The normalized spacial score (nSPS) is 30.6. The van der Waals surface area contributed by atoms with Gasteiger partial charge in [0, 0.05) is 77.4 Å². The maximum absolute atomic E-state index is 12.1. The molecule has 1 amide bonds. The molecule has 4 fully saturated rings. The van der Waals surface area contributed by atoms with Crippen LogP contribution in [0.4, 0.5) is 0 Å². The Bertz CT molecular complexity index is 478. The quantitative estimate of drug-likeness (QED) is 0.543. The summed E-state index contributed by atoms with van der Waals surface area (Å²) in [5.74, 6) is 1.26. The van der Waals surface area contributed by atoms with Crippen LogP contribution in [0.1, 0.15) is 26.7 Å². The highest BCUT2D eigenvalue weighted by Gasteiger charge is 2.32. The summed E-state index contributed by atoms with van der Waals surface area (Å²) < 4.78 is 0.